The lowest BCUT2D eigenvalue weighted by molar-refractivity contribution is 0.0766. The summed E-state index contributed by atoms with van der Waals surface area (Å²) in [6.07, 6.45) is 3.91. The molecule has 4 nitrogen and oxygen atoms in total. The summed E-state index contributed by atoms with van der Waals surface area (Å²) < 4.78 is 5.05. The Hall–Kier alpha value is -1.58. The zero-order valence-corrected chi connectivity index (χ0v) is 8.56. The summed E-state index contributed by atoms with van der Waals surface area (Å²) in [7, 11) is 1.59. The summed E-state index contributed by atoms with van der Waals surface area (Å²) in [6.45, 7) is 0.720. The van der Waals surface area contributed by atoms with Gasteiger partial charge in [-0.2, -0.15) is 0 Å². The van der Waals surface area contributed by atoms with E-state index in [0.717, 1.165) is 30.5 Å². The largest absolute Gasteiger partial charge is 0.481 e. The van der Waals surface area contributed by atoms with Crippen molar-refractivity contribution in [3.8, 4) is 5.88 Å². The molecule has 0 radical (unpaired) electrons. The average molecular weight is 204 g/mol. The van der Waals surface area contributed by atoms with Crippen molar-refractivity contribution in [2.45, 2.75) is 25.4 Å². The summed E-state index contributed by atoms with van der Waals surface area (Å²) in [5, 5.41) is 0. The maximum atomic E-state index is 11.9. The van der Waals surface area contributed by atoms with Crippen molar-refractivity contribution in [2.75, 3.05) is 7.11 Å². The molecule has 0 bridgehead atoms. The van der Waals surface area contributed by atoms with E-state index in [9.17, 15) is 4.79 Å². The van der Waals surface area contributed by atoms with Gasteiger partial charge in [-0.15, -0.1) is 0 Å². The topological polar surface area (TPSA) is 42.4 Å². The van der Waals surface area contributed by atoms with Crippen LogP contribution in [-0.4, -0.2) is 28.9 Å². The van der Waals surface area contributed by atoms with E-state index in [4.69, 9.17) is 4.74 Å². The number of pyridine rings is 1. The smallest absolute Gasteiger partial charge is 0.256 e. The van der Waals surface area contributed by atoms with Gasteiger partial charge in [-0.1, -0.05) is 0 Å². The van der Waals surface area contributed by atoms with E-state index < -0.39 is 0 Å². The van der Waals surface area contributed by atoms with Crippen molar-refractivity contribution in [3.63, 3.8) is 0 Å². The van der Waals surface area contributed by atoms with E-state index in [-0.39, 0.29) is 5.91 Å². The van der Waals surface area contributed by atoms with Gasteiger partial charge in [0.15, 0.2) is 0 Å². The summed E-state index contributed by atoms with van der Waals surface area (Å²) in [5.74, 6) is 0.710. The van der Waals surface area contributed by atoms with Gasteiger partial charge in [0, 0.05) is 24.8 Å². The second-order valence-corrected chi connectivity index (χ2v) is 4.05. The molecule has 0 unspecified atom stereocenters. The average Bonchev–Trinajstić information content (AvgIpc) is 3.04. The van der Waals surface area contributed by atoms with Crippen LogP contribution in [0.25, 0.3) is 0 Å². The van der Waals surface area contributed by atoms with Gasteiger partial charge in [-0.05, 0) is 18.4 Å². The minimum Gasteiger partial charge on any atom is -0.481 e. The van der Waals surface area contributed by atoms with Crippen molar-refractivity contribution >= 4 is 5.91 Å². The maximum Gasteiger partial charge on any atom is 0.256 e. The molecule has 1 aliphatic heterocycles. The lowest BCUT2D eigenvalue weighted by atomic mass is 10.2. The fraction of sp³-hybridized carbons (Fsp3) is 0.455. The lowest BCUT2D eigenvalue weighted by Crippen LogP contribution is -2.25. The minimum absolute atomic E-state index is 0.127. The van der Waals surface area contributed by atoms with Crippen LogP contribution in [0.15, 0.2) is 12.3 Å². The number of hydrogen-bond donors (Lipinski definition) is 0. The highest BCUT2D eigenvalue weighted by molar-refractivity contribution is 5.98. The Kier molecular flexibility index (Phi) is 1.71. The van der Waals surface area contributed by atoms with Gasteiger partial charge in [-0.3, -0.25) is 4.79 Å². The molecule has 3 rings (SSSR count). The predicted molar refractivity (Wildman–Crippen MR) is 53.7 cm³/mol. The van der Waals surface area contributed by atoms with Crippen LogP contribution in [0.2, 0.25) is 0 Å². The molecule has 0 N–H and O–H groups in total. The van der Waals surface area contributed by atoms with E-state index in [1.165, 1.54) is 0 Å². The van der Waals surface area contributed by atoms with Gasteiger partial charge in [-0.25, -0.2) is 4.98 Å². The predicted octanol–water partition coefficient (Wildman–Crippen LogP) is 1.21. The zero-order chi connectivity index (χ0) is 10.4. The Balaban J connectivity index is 1.96. The Labute approximate surface area is 87.9 Å². The van der Waals surface area contributed by atoms with Crippen molar-refractivity contribution < 1.29 is 9.53 Å². The van der Waals surface area contributed by atoms with E-state index in [0.29, 0.717) is 11.9 Å². The molecule has 1 amide bonds. The third-order valence-electron chi connectivity index (χ3n) is 2.99. The van der Waals surface area contributed by atoms with Crippen LogP contribution in [0.3, 0.4) is 0 Å². The first-order valence-electron chi connectivity index (χ1n) is 5.13. The molecule has 1 aliphatic carbocycles. The Morgan fingerprint density at radius 1 is 1.53 bits per heavy atom. The quantitative estimate of drug-likeness (QED) is 0.727. The number of methoxy groups -OCH3 is 1. The van der Waals surface area contributed by atoms with Crippen LogP contribution < -0.4 is 4.74 Å². The Bertz CT molecular complexity index is 427. The van der Waals surface area contributed by atoms with Crippen LogP contribution in [0, 0.1) is 0 Å². The van der Waals surface area contributed by atoms with E-state index in [1.807, 2.05) is 11.0 Å². The Morgan fingerprint density at radius 3 is 3.00 bits per heavy atom. The molecule has 0 aromatic carbocycles. The highest BCUT2D eigenvalue weighted by Crippen LogP contribution is 2.34. The number of carbonyl (C=O) groups is 1. The van der Waals surface area contributed by atoms with Crippen molar-refractivity contribution in [2.24, 2.45) is 0 Å². The van der Waals surface area contributed by atoms with Crippen LogP contribution in [0.1, 0.15) is 28.8 Å². The summed E-state index contributed by atoms with van der Waals surface area (Å²) >= 11 is 0. The SMILES string of the molecule is COc1cc2c(cn1)C(=O)N(C1CC1)C2. The van der Waals surface area contributed by atoms with Crippen LogP contribution in [0.4, 0.5) is 0 Å². The summed E-state index contributed by atoms with van der Waals surface area (Å²) in [4.78, 5) is 17.9. The molecule has 0 saturated heterocycles. The number of rotatable bonds is 2. The minimum atomic E-state index is 0.127. The first kappa shape index (κ1) is 8.71. The van der Waals surface area contributed by atoms with Crippen LogP contribution in [-0.2, 0) is 6.54 Å². The number of aromatic nitrogens is 1. The molecule has 78 valence electrons. The lowest BCUT2D eigenvalue weighted by Gasteiger charge is -2.13. The molecule has 1 aromatic heterocycles. The summed E-state index contributed by atoms with van der Waals surface area (Å²) in [6, 6.07) is 2.33. The zero-order valence-electron chi connectivity index (χ0n) is 8.56. The summed E-state index contributed by atoms with van der Waals surface area (Å²) in [5.41, 5.74) is 1.78. The number of amides is 1. The van der Waals surface area contributed by atoms with Gasteiger partial charge in [0.05, 0.1) is 12.7 Å². The Morgan fingerprint density at radius 2 is 2.33 bits per heavy atom. The molecule has 2 heterocycles. The van der Waals surface area contributed by atoms with Gasteiger partial charge >= 0.3 is 0 Å². The molecule has 0 atom stereocenters. The van der Waals surface area contributed by atoms with E-state index in [1.54, 1.807) is 13.3 Å². The molecule has 0 spiro atoms. The second kappa shape index (κ2) is 2.95. The van der Waals surface area contributed by atoms with Gasteiger partial charge in [0.25, 0.3) is 5.91 Å². The second-order valence-electron chi connectivity index (χ2n) is 4.05. The molecule has 15 heavy (non-hydrogen) atoms. The highest BCUT2D eigenvalue weighted by Gasteiger charge is 2.38. The van der Waals surface area contributed by atoms with Crippen molar-refractivity contribution in [3.05, 3.63) is 23.4 Å². The van der Waals surface area contributed by atoms with Crippen LogP contribution in [0.5, 0.6) is 5.88 Å². The first-order valence-corrected chi connectivity index (χ1v) is 5.13. The number of fused-ring (bicyclic) bond motifs is 1. The van der Waals surface area contributed by atoms with E-state index in [2.05, 4.69) is 4.98 Å². The van der Waals surface area contributed by atoms with Crippen LogP contribution >= 0.6 is 0 Å². The highest BCUT2D eigenvalue weighted by atomic mass is 16.5. The molecule has 2 aliphatic rings. The number of nitrogens with zero attached hydrogens (tertiary/aromatic N) is 2. The van der Waals surface area contributed by atoms with Gasteiger partial charge < -0.3 is 9.64 Å². The van der Waals surface area contributed by atoms with Crippen molar-refractivity contribution in [1.82, 2.24) is 9.88 Å². The van der Waals surface area contributed by atoms with E-state index >= 15 is 0 Å². The third kappa shape index (κ3) is 1.28. The molecule has 4 heteroatoms. The third-order valence-corrected chi connectivity index (χ3v) is 2.99. The monoisotopic (exact) mass is 204 g/mol. The molecular weight excluding hydrogens is 192 g/mol. The normalized spacial score (nSPS) is 19.3. The maximum absolute atomic E-state index is 11.9. The van der Waals surface area contributed by atoms with Gasteiger partial charge in [0.1, 0.15) is 0 Å². The van der Waals surface area contributed by atoms with Crippen molar-refractivity contribution in [1.29, 1.82) is 0 Å². The first-order chi connectivity index (χ1) is 7.29. The molecule has 1 fully saturated rings. The fourth-order valence-electron chi connectivity index (χ4n) is 2.00. The number of hydrogen-bond acceptors (Lipinski definition) is 3. The molecular formula is C11H12N2O2. The van der Waals surface area contributed by atoms with Gasteiger partial charge in [0.2, 0.25) is 5.88 Å². The molecule has 1 aromatic rings. The standard InChI is InChI=1S/C11H12N2O2/c1-15-10-4-7-6-13(8-2-3-8)11(14)9(7)5-12-10/h4-5,8H,2-3,6H2,1H3. The molecule has 1 saturated carbocycles. The number of carbonyl (C=O) groups excluding carboxylic acids is 1. The fourth-order valence-corrected chi connectivity index (χ4v) is 2.00. The number of ether oxygens (including phenoxy) is 1.